The van der Waals surface area contributed by atoms with Crippen LogP contribution in [0.5, 0.6) is 0 Å². The lowest BCUT2D eigenvalue weighted by Gasteiger charge is -2.42. The Morgan fingerprint density at radius 3 is 1.68 bits per heavy atom. The van der Waals surface area contributed by atoms with Gasteiger partial charge in [0, 0.05) is 0 Å². The summed E-state index contributed by atoms with van der Waals surface area (Å²) in [5.41, 5.74) is 7.47. The third-order valence-corrected chi connectivity index (χ3v) is 8.56. The second-order valence-corrected chi connectivity index (χ2v) is 14.7. The Morgan fingerprint density at radius 1 is 0.623 bits per heavy atom. The topological polar surface area (TPSA) is 120 Å². The van der Waals surface area contributed by atoms with E-state index in [4.69, 9.17) is 9.47 Å². The molecule has 53 heavy (non-hydrogen) atoms. The zero-order valence-corrected chi connectivity index (χ0v) is 33.7. The lowest BCUT2D eigenvalue weighted by molar-refractivity contribution is -0.323. The molecule has 1 saturated heterocycles. The van der Waals surface area contributed by atoms with Gasteiger partial charge in [0.1, 0.15) is 24.4 Å². The van der Waals surface area contributed by atoms with Crippen molar-refractivity contribution in [2.24, 2.45) is 0 Å². The fraction of sp³-hybridized carbons (Fsp3) is 0.478. The number of allylic oxidation sites excluding steroid dienone is 22. The second kappa shape index (κ2) is 26.4. The predicted molar refractivity (Wildman–Crippen MR) is 221 cm³/mol. The minimum atomic E-state index is -1.46. The third-order valence-electron chi connectivity index (χ3n) is 8.56. The maximum Gasteiger partial charge on any atom is 0.187 e. The van der Waals surface area contributed by atoms with Gasteiger partial charge in [-0.15, -0.1) is 0 Å². The first-order valence-corrected chi connectivity index (χ1v) is 18.7. The van der Waals surface area contributed by atoms with E-state index in [1.807, 2.05) is 75.5 Å². The van der Waals surface area contributed by atoms with Crippen LogP contribution in [0.25, 0.3) is 0 Å². The monoisotopic (exact) mass is 732 g/mol. The molecule has 5 atom stereocenters. The number of aliphatic hydroxyl groups is 5. The average Bonchev–Trinajstić information content (AvgIpc) is 3.09. The summed E-state index contributed by atoms with van der Waals surface area (Å²) in [6, 6.07) is 0. The molecule has 1 fully saturated rings. The van der Waals surface area contributed by atoms with Gasteiger partial charge >= 0.3 is 0 Å². The van der Waals surface area contributed by atoms with E-state index >= 15 is 0 Å². The molecule has 294 valence electrons. The van der Waals surface area contributed by atoms with Crippen LogP contribution in [0.1, 0.15) is 94.4 Å². The molecule has 0 amide bonds. The molecule has 0 spiro atoms. The first-order valence-electron chi connectivity index (χ1n) is 18.7. The summed E-state index contributed by atoms with van der Waals surface area (Å²) in [5, 5.41) is 49.5. The van der Waals surface area contributed by atoms with Crippen molar-refractivity contribution in [1.29, 1.82) is 0 Å². The van der Waals surface area contributed by atoms with Gasteiger partial charge in [0.15, 0.2) is 6.29 Å². The largest absolute Gasteiger partial charge is 0.394 e. The van der Waals surface area contributed by atoms with E-state index < -0.39 is 42.9 Å². The Hall–Kier alpha value is -3.40. The number of aliphatic hydroxyl groups excluding tert-OH is 5. The van der Waals surface area contributed by atoms with Crippen LogP contribution < -0.4 is 0 Å². The average molecular weight is 733 g/mol. The molecule has 0 bridgehead atoms. The summed E-state index contributed by atoms with van der Waals surface area (Å²) in [6.45, 7) is 17.9. The van der Waals surface area contributed by atoms with Crippen molar-refractivity contribution >= 4 is 0 Å². The standard InChI is InChI=1S/C46H68O7/c1-34(2)18-12-20-36(4)22-14-24-37(5)23-13-21-35(3)19-10-11-29-40(32-47)30-16-27-38(6)25-15-26-39(7)28-17-31-46(8,9)53-45-44(51)43(50)42(49)41(33-48)52-45/h10-11,13-16,18-19,21-27,29-30,41-45,47-51H,12,17,20,28,31-33H2,1-9H3/b11-10+,21-13+,24-14+,25-15+,30-16+,35-19+,36-22+,37-23+,38-27+,39-26+,40-29+/t41-,42-,43+,44-,45+/m1/s1. The van der Waals surface area contributed by atoms with Crippen molar-refractivity contribution in [2.75, 3.05) is 13.2 Å². The fourth-order valence-electron chi connectivity index (χ4n) is 5.20. The SMILES string of the molecule is CC(C)=CCC/C(C)=C/C=C/C(C)=C/C=C/C(C)=C/C=C/C=C(\C=C\C=C(C)\C=C\C=C(/C)CCCC(C)(C)O[C@@H]1O[C@H](CO)[C@@H](O)[C@H](O)[C@H]1O)CO. The van der Waals surface area contributed by atoms with Gasteiger partial charge in [0.2, 0.25) is 0 Å². The first-order chi connectivity index (χ1) is 25.1. The predicted octanol–water partition coefficient (Wildman–Crippen LogP) is 8.93. The van der Waals surface area contributed by atoms with E-state index in [9.17, 15) is 25.5 Å². The van der Waals surface area contributed by atoms with Gasteiger partial charge in [-0.3, -0.25) is 0 Å². The summed E-state index contributed by atoms with van der Waals surface area (Å²) in [5.74, 6) is 0. The molecular weight excluding hydrogens is 664 g/mol. The van der Waals surface area contributed by atoms with Crippen LogP contribution in [0.15, 0.2) is 142 Å². The fourth-order valence-corrected chi connectivity index (χ4v) is 5.20. The maximum absolute atomic E-state index is 10.3. The Balaban J connectivity index is 2.57. The van der Waals surface area contributed by atoms with Crippen LogP contribution in [0.2, 0.25) is 0 Å². The normalized spacial score (nSPS) is 23.5. The van der Waals surface area contributed by atoms with Crippen LogP contribution in [0, 0.1) is 0 Å². The number of hydrogen-bond acceptors (Lipinski definition) is 7. The molecule has 1 aliphatic rings. The molecule has 1 aliphatic heterocycles. The van der Waals surface area contributed by atoms with E-state index in [2.05, 4.69) is 90.2 Å². The molecule has 5 N–H and O–H groups in total. The molecule has 0 aromatic rings. The van der Waals surface area contributed by atoms with E-state index in [1.165, 1.54) is 22.3 Å². The third kappa shape index (κ3) is 21.8. The highest BCUT2D eigenvalue weighted by Crippen LogP contribution is 2.28. The van der Waals surface area contributed by atoms with E-state index in [1.54, 1.807) is 0 Å². The van der Waals surface area contributed by atoms with Crippen LogP contribution in [0.3, 0.4) is 0 Å². The van der Waals surface area contributed by atoms with Crippen LogP contribution in [-0.2, 0) is 9.47 Å². The summed E-state index contributed by atoms with van der Waals surface area (Å²) in [4.78, 5) is 0. The molecule has 7 nitrogen and oxygen atoms in total. The number of rotatable bonds is 21. The summed E-state index contributed by atoms with van der Waals surface area (Å²) >= 11 is 0. The highest BCUT2D eigenvalue weighted by molar-refractivity contribution is 5.33. The molecular formula is C46H68O7. The van der Waals surface area contributed by atoms with Gasteiger partial charge in [-0.2, -0.15) is 0 Å². The van der Waals surface area contributed by atoms with E-state index in [-0.39, 0.29) is 6.61 Å². The lowest BCUT2D eigenvalue weighted by atomic mass is 9.96. The van der Waals surface area contributed by atoms with Crippen molar-refractivity contribution in [3.05, 3.63) is 142 Å². The molecule has 0 aliphatic carbocycles. The minimum absolute atomic E-state index is 0.0553. The number of ether oxygens (including phenoxy) is 2. The van der Waals surface area contributed by atoms with Gasteiger partial charge in [-0.05, 0) is 100.0 Å². The van der Waals surface area contributed by atoms with E-state index in [0.717, 1.165) is 42.4 Å². The molecule has 1 rings (SSSR count). The zero-order chi connectivity index (χ0) is 39.8. The van der Waals surface area contributed by atoms with Gasteiger partial charge < -0.3 is 35.0 Å². The van der Waals surface area contributed by atoms with Crippen LogP contribution in [-0.4, -0.2) is 75.1 Å². The van der Waals surface area contributed by atoms with Gasteiger partial charge in [-0.1, -0.05) is 137 Å². The molecule has 0 radical (unpaired) electrons. The van der Waals surface area contributed by atoms with Crippen molar-refractivity contribution < 1.29 is 35.0 Å². The summed E-state index contributed by atoms with van der Waals surface area (Å²) in [6.07, 6.45) is 32.8. The highest BCUT2D eigenvalue weighted by Gasteiger charge is 2.45. The Kier molecular flexibility index (Phi) is 23.7. The molecule has 0 saturated carbocycles. The van der Waals surface area contributed by atoms with Crippen LogP contribution in [0.4, 0.5) is 0 Å². The number of hydrogen-bond donors (Lipinski definition) is 5. The van der Waals surface area contributed by atoms with Crippen molar-refractivity contribution in [3.8, 4) is 0 Å². The maximum atomic E-state index is 10.3. The summed E-state index contributed by atoms with van der Waals surface area (Å²) < 4.78 is 11.4. The van der Waals surface area contributed by atoms with E-state index in [0.29, 0.717) is 6.42 Å². The molecule has 0 unspecified atom stereocenters. The molecule has 1 heterocycles. The summed E-state index contributed by atoms with van der Waals surface area (Å²) in [7, 11) is 0. The van der Waals surface area contributed by atoms with Gasteiger partial charge in [0.05, 0.1) is 18.8 Å². The smallest absolute Gasteiger partial charge is 0.187 e. The highest BCUT2D eigenvalue weighted by atomic mass is 16.7. The Labute approximate surface area is 320 Å². The van der Waals surface area contributed by atoms with Crippen molar-refractivity contribution in [3.63, 3.8) is 0 Å². The molecule has 0 aromatic carbocycles. The van der Waals surface area contributed by atoms with Crippen LogP contribution >= 0.6 is 0 Å². The van der Waals surface area contributed by atoms with Gasteiger partial charge in [0.25, 0.3) is 0 Å². The van der Waals surface area contributed by atoms with Crippen molar-refractivity contribution in [2.45, 2.75) is 131 Å². The molecule has 0 aromatic heterocycles. The Morgan fingerprint density at radius 2 is 1.13 bits per heavy atom. The molecule has 7 heteroatoms. The zero-order valence-electron chi connectivity index (χ0n) is 33.7. The quantitative estimate of drug-likeness (QED) is 0.0591. The second-order valence-electron chi connectivity index (χ2n) is 14.7. The Bertz CT molecular complexity index is 1470. The minimum Gasteiger partial charge on any atom is -0.394 e. The van der Waals surface area contributed by atoms with Crippen molar-refractivity contribution in [1.82, 2.24) is 0 Å². The van der Waals surface area contributed by atoms with Gasteiger partial charge in [-0.25, -0.2) is 0 Å². The lowest BCUT2D eigenvalue weighted by Crippen LogP contribution is -2.60. The first kappa shape index (κ1) is 47.6.